The van der Waals surface area contributed by atoms with Crippen molar-refractivity contribution in [2.45, 2.75) is 25.7 Å². The Morgan fingerprint density at radius 2 is 1.47 bits per heavy atom. The molecule has 0 amide bonds. The van der Waals surface area contributed by atoms with E-state index in [1.54, 1.807) is 24.3 Å². The number of hydrogen-bond donors (Lipinski definition) is 2. The zero-order valence-corrected chi connectivity index (χ0v) is 20.4. The number of aromatic carboxylic acids is 1. The Morgan fingerprint density at radius 1 is 0.824 bits per heavy atom. The Kier molecular flexibility index (Phi) is 6.52. The molecule has 1 aliphatic heterocycles. The molecule has 178 valence electrons. The van der Waals surface area contributed by atoms with Crippen LogP contribution in [-0.2, 0) is 10.0 Å². The number of piperazine rings is 1. The number of carboxylic acid groups (broad SMARTS) is 1. The fourth-order valence-corrected chi connectivity index (χ4v) is 5.29. The summed E-state index contributed by atoms with van der Waals surface area (Å²) in [7, 11) is -3.92. The molecular formula is C26H29N3O4S. The third kappa shape index (κ3) is 5.02. The Hall–Kier alpha value is -3.52. The fraction of sp³-hybridized carbons (Fsp3) is 0.269. The van der Waals surface area contributed by atoms with E-state index in [9.17, 15) is 18.3 Å². The summed E-state index contributed by atoms with van der Waals surface area (Å²) in [6.07, 6.45) is 0. The molecule has 1 saturated heterocycles. The number of carboxylic acids is 1. The first-order chi connectivity index (χ1) is 16.1. The smallest absolute Gasteiger partial charge is 0.337 e. The molecule has 3 aromatic carbocycles. The number of carbonyl (C=O) groups is 1. The molecule has 7 nitrogen and oxygen atoms in total. The van der Waals surface area contributed by atoms with Crippen LogP contribution < -0.4 is 14.5 Å². The Bertz CT molecular complexity index is 1330. The number of hydrogen-bond acceptors (Lipinski definition) is 5. The molecule has 34 heavy (non-hydrogen) atoms. The molecule has 8 heteroatoms. The molecule has 0 spiro atoms. The molecule has 1 aliphatic rings. The van der Waals surface area contributed by atoms with E-state index >= 15 is 0 Å². The number of rotatable bonds is 6. The minimum atomic E-state index is -3.92. The quantitative estimate of drug-likeness (QED) is 0.543. The summed E-state index contributed by atoms with van der Waals surface area (Å²) in [5.74, 6) is -1.18. The van der Waals surface area contributed by atoms with Crippen molar-refractivity contribution in [3.8, 4) is 0 Å². The van der Waals surface area contributed by atoms with Gasteiger partial charge in [0.2, 0.25) is 0 Å². The highest BCUT2D eigenvalue weighted by molar-refractivity contribution is 7.92. The van der Waals surface area contributed by atoms with Crippen LogP contribution in [-0.4, -0.2) is 45.7 Å². The lowest BCUT2D eigenvalue weighted by Gasteiger charge is -2.37. The Morgan fingerprint density at radius 3 is 2.06 bits per heavy atom. The van der Waals surface area contributed by atoms with Crippen molar-refractivity contribution < 1.29 is 18.3 Å². The average molecular weight is 480 g/mol. The number of nitrogens with zero attached hydrogens (tertiary/aromatic N) is 2. The van der Waals surface area contributed by atoms with Crippen molar-refractivity contribution >= 4 is 33.1 Å². The van der Waals surface area contributed by atoms with Crippen LogP contribution in [0.2, 0.25) is 0 Å². The van der Waals surface area contributed by atoms with Gasteiger partial charge in [-0.2, -0.15) is 0 Å². The standard InChI is InChI=1S/C26H29N3O4S/c1-18-5-4-6-21(15-18)28-11-13-29(14-12-28)22-8-10-25(24(17-22)26(30)31)27-34(32,33)23-9-7-19(2)20(3)16-23/h4-10,15-17,27H,11-14H2,1-3H3,(H,30,31). The normalized spacial score (nSPS) is 14.2. The second-order valence-electron chi connectivity index (χ2n) is 8.70. The predicted octanol–water partition coefficient (Wildman–Crippen LogP) is 4.44. The third-order valence-electron chi connectivity index (χ3n) is 6.28. The van der Waals surface area contributed by atoms with Crippen LogP contribution in [0.25, 0.3) is 0 Å². The lowest BCUT2D eigenvalue weighted by molar-refractivity contribution is 0.0698. The summed E-state index contributed by atoms with van der Waals surface area (Å²) in [5.41, 5.74) is 4.96. The first-order valence-corrected chi connectivity index (χ1v) is 12.7. The zero-order chi connectivity index (χ0) is 24.5. The van der Waals surface area contributed by atoms with Crippen LogP contribution in [0.5, 0.6) is 0 Å². The van der Waals surface area contributed by atoms with E-state index in [1.807, 2.05) is 19.9 Å². The summed E-state index contributed by atoms with van der Waals surface area (Å²) in [5, 5.41) is 9.79. The first kappa shape index (κ1) is 23.6. The Labute approximate surface area is 200 Å². The van der Waals surface area contributed by atoms with Gasteiger partial charge in [0.05, 0.1) is 16.1 Å². The molecule has 4 rings (SSSR count). The average Bonchev–Trinajstić information content (AvgIpc) is 2.81. The van der Waals surface area contributed by atoms with Crippen LogP contribution >= 0.6 is 0 Å². The van der Waals surface area contributed by atoms with Crippen molar-refractivity contribution in [1.82, 2.24) is 0 Å². The van der Waals surface area contributed by atoms with Crippen molar-refractivity contribution in [3.05, 3.63) is 82.9 Å². The van der Waals surface area contributed by atoms with E-state index in [0.717, 1.165) is 43.0 Å². The van der Waals surface area contributed by atoms with Crippen molar-refractivity contribution in [2.75, 3.05) is 40.7 Å². The monoisotopic (exact) mass is 479 g/mol. The van der Waals surface area contributed by atoms with E-state index in [2.05, 4.69) is 39.6 Å². The summed E-state index contributed by atoms with van der Waals surface area (Å²) >= 11 is 0. The van der Waals surface area contributed by atoms with Crippen LogP contribution in [0.1, 0.15) is 27.0 Å². The largest absolute Gasteiger partial charge is 0.478 e. The molecule has 0 radical (unpaired) electrons. The van der Waals surface area contributed by atoms with Gasteiger partial charge in [-0.1, -0.05) is 18.2 Å². The van der Waals surface area contributed by atoms with Crippen molar-refractivity contribution in [1.29, 1.82) is 0 Å². The highest BCUT2D eigenvalue weighted by Crippen LogP contribution is 2.28. The van der Waals surface area contributed by atoms with Gasteiger partial charge in [-0.15, -0.1) is 0 Å². The first-order valence-electron chi connectivity index (χ1n) is 11.2. The SMILES string of the molecule is Cc1cccc(N2CCN(c3ccc(NS(=O)(=O)c4ccc(C)c(C)c4)c(C(=O)O)c3)CC2)c1. The minimum absolute atomic E-state index is 0.0490. The minimum Gasteiger partial charge on any atom is -0.478 e. The lowest BCUT2D eigenvalue weighted by Crippen LogP contribution is -2.46. The molecular weight excluding hydrogens is 450 g/mol. The summed E-state index contributed by atoms with van der Waals surface area (Å²) in [6.45, 7) is 8.91. The maximum Gasteiger partial charge on any atom is 0.337 e. The van der Waals surface area contributed by atoms with Crippen molar-refractivity contribution in [2.24, 2.45) is 0 Å². The highest BCUT2D eigenvalue weighted by Gasteiger charge is 2.22. The molecule has 1 fully saturated rings. The van der Waals surface area contributed by atoms with Gasteiger partial charge in [-0.3, -0.25) is 4.72 Å². The maximum atomic E-state index is 12.9. The Balaban J connectivity index is 1.53. The van der Waals surface area contributed by atoms with Gasteiger partial charge in [0.15, 0.2) is 0 Å². The summed E-state index contributed by atoms with van der Waals surface area (Å²) < 4.78 is 28.3. The number of benzene rings is 3. The van der Waals surface area contributed by atoms with Gasteiger partial charge in [-0.25, -0.2) is 13.2 Å². The summed E-state index contributed by atoms with van der Waals surface area (Å²) in [6, 6.07) is 18.1. The molecule has 3 aromatic rings. The highest BCUT2D eigenvalue weighted by atomic mass is 32.2. The van der Waals surface area contributed by atoms with Crippen molar-refractivity contribution in [3.63, 3.8) is 0 Å². The van der Waals surface area contributed by atoms with Crippen LogP contribution in [0.4, 0.5) is 17.1 Å². The van der Waals surface area contributed by atoms with E-state index < -0.39 is 16.0 Å². The number of nitrogens with one attached hydrogen (secondary N) is 1. The van der Waals surface area contributed by atoms with Crippen LogP contribution in [0, 0.1) is 20.8 Å². The second-order valence-corrected chi connectivity index (χ2v) is 10.4. The van der Waals surface area contributed by atoms with E-state index in [1.165, 1.54) is 23.4 Å². The van der Waals surface area contributed by atoms with Gasteiger partial charge in [0, 0.05) is 37.6 Å². The molecule has 0 saturated carbocycles. The second kappa shape index (κ2) is 9.38. The van der Waals surface area contributed by atoms with Crippen LogP contribution in [0.3, 0.4) is 0 Å². The number of sulfonamides is 1. The molecule has 2 N–H and O–H groups in total. The lowest BCUT2D eigenvalue weighted by atomic mass is 10.1. The van der Waals surface area contributed by atoms with Gasteiger partial charge in [0.1, 0.15) is 0 Å². The topological polar surface area (TPSA) is 90.0 Å². The zero-order valence-electron chi connectivity index (χ0n) is 19.6. The molecule has 0 unspecified atom stereocenters. The van der Waals surface area contributed by atoms with Crippen LogP contribution in [0.15, 0.2) is 65.6 Å². The number of aryl methyl sites for hydroxylation is 3. The predicted molar refractivity (Wildman–Crippen MR) is 136 cm³/mol. The summed E-state index contributed by atoms with van der Waals surface area (Å²) in [4.78, 5) is 16.5. The molecule has 0 atom stereocenters. The van der Waals surface area contributed by atoms with Gasteiger partial charge < -0.3 is 14.9 Å². The van der Waals surface area contributed by atoms with Gasteiger partial charge in [-0.05, 0) is 79.9 Å². The van der Waals surface area contributed by atoms with Gasteiger partial charge >= 0.3 is 5.97 Å². The van der Waals surface area contributed by atoms with E-state index in [-0.39, 0.29) is 16.1 Å². The molecule has 0 aromatic heterocycles. The van der Waals surface area contributed by atoms with E-state index in [0.29, 0.717) is 0 Å². The van der Waals surface area contributed by atoms with Gasteiger partial charge in [0.25, 0.3) is 10.0 Å². The maximum absolute atomic E-state index is 12.9. The van der Waals surface area contributed by atoms with E-state index in [4.69, 9.17) is 0 Å². The third-order valence-corrected chi connectivity index (χ3v) is 7.64. The fourth-order valence-electron chi connectivity index (χ4n) is 4.13. The molecule has 0 bridgehead atoms. The molecule has 0 aliphatic carbocycles. The number of anilines is 3. The molecule has 1 heterocycles.